The first-order valence-corrected chi connectivity index (χ1v) is 11.0. The lowest BCUT2D eigenvalue weighted by Gasteiger charge is -2.44. The summed E-state index contributed by atoms with van der Waals surface area (Å²) in [5.74, 6) is 0. The number of benzene rings is 3. The van der Waals surface area contributed by atoms with Gasteiger partial charge >= 0.3 is 0 Å². The van der Waals surface area contributed by atoms with Gasteiger partial charge in [0.1, 0.15) is 16.9 Å². The Labute approximate surface area is 165 Å². The van der Waals surface area contributed by atoms with Crippen molar-refractivity contribution in [1.29, 1.82) is 0 Å². The zero-order valence-corrected chi connectivity index (χ0v) is 16.1. The van der Waals surface area contributed by atoms with Crippen LogP contribution >= 0.6 is 0 Å². The van der Waals surface area contributed by atoms with Crippen molar-refractivity contribution >= 4 is 15.5 Å². The monoisotopic (exact) mass is 391 g/mol. The van der Waals surface area contributed by atoms with Gasteiger partial charge in [0.2, 0.25) is 0 Å². The second-order valence-corrected chi connectivity index (χ2v) is 9.62. The molecule has 142 valence electrons. The molecule has 1 saturated carbocycles. The molecule has 5 rings (SSSR count). The van der Waals surface area contributed by atoms with E-state index in [1.165, 1.54) is 0 Å². The number of sulfone groups is 1. The number of anilines is 1. The normalized spacial score (nSPS) is 26.5. The number of fused-ring (bicyclic) bond motifs is 1. The van der Waals surface area contributed by atoms with E-state index >= 15 is 0 Å². The van der Waals surface area contributed by atoms with Crippen LogP contribution in [-0.2, 0) is 14.7 Å². The van der Waals surface area contributed by atoms with Crippen molar-refractivity contribution in [2.45, 2.75) is 34.6 Å². The fourth-order valence-electron chi connectivity index (χ4n) is 4.51. The minimum absolute atomic E-state index is 0.358. The third-order valence-electron chi connectivity index (χ3n) is 5.96. The van der Waals surface area contributed by atoms with E-state index in [4.69, 9.17) is 4.84 Å². The van der Waals surface area contributed by atoms with Crippen molar-refractivity contribution in [3.05, 3.63) is 96.6 Å². The van der Waals surface area contributed by atoms with E-state index in [1.807, 2.05) is 71.8 Å². The van der Waals surface area contributed by atoms with Gasteiger partial charge in [-0.15, -0.1) is 0 Å². The van der Waals surface area contributed by atoms with Crippen molar-refractivity contribution in [2.24, 2.45) is 0 Å². The first-order valence-electron chi connectivity index (χ1n) is 9.50. The molecule has 28 heavy (non-hydrogen) atoms. The van der Waals surface area contributed by atoms with Crippen LogP contribution < -0.4 is 5.06 Å². The van der Waals surface area contributed by atoms with Gasteiger partial charge < -0.3 is 0 Å². The highest BCUT2D eigenvalue weighted by molar-refractivity contribution is 7.93. The van der Waals surface area contributed by atoms with Crippen LogP contribution in [-0.4, -0.2) is 19.3 Å². The van der Waals surface area contributed by atoms with E-state index in [2.05, 4.69) is 0 Å². The molecule has 0 bridgehead atoms. The average molecular weight is 391 g/mol. The van der Waals surface area contributed by atoms with Gasteiger partial charge in [-0.1, -0.05) is 66.7 Å². The Morgan fingerprint density at radius 1 is 0.821 bits per heavy atom. The molecule has 2 fully saturated rings. The van der Waals surface area contributed by atoms with Crippen LogP contribution in [0.15, 0.2) is 95.9 Å². The quantitative estimate of drug-likeness (QED) is 0.654. The van der Waals surface area contributed by atoms with E-state index < -0.39 is 20.6 Å². The molecular weight excluding hydrogens is 370 g/mol. The summed E-state index contributed by atoms with van der Waals surface area (Å²) in [7, 11) is -3.61. The molecule has 1 saturated heterocycles. The largest absolute Gasteiger partial charge is 0.268 e. The molecule has 0 amide bonds. The van der Waals surface area contributed by atoms with E-state index in [0.717, 1.165) is 17.7 Å². The number of nitrogens with zero attached hydrogens (tertiary/aromatic N) is 1. The Balaban J connectivity index is 1.70. The number of para-hydroxylation sites is 1. The van der Waals surface area contributed by atoms with Gasteiger partial charge in [0.15, 0.2) is 9.84 Å². The fraction of sp³-hybridized carbons (Fsp3) is 0.217. The summed E-state index contributed by atoms with van der Waals surface area (Å²) in [6, 6.07) is 28.0. The van der Waals surface area contributed by atoms with E-state index in [-0.39, 0.29) is 6.10 Å². The minimum atomic E-state index is -3.61. The van der Waals surface area contributed by atoms with Gasteiger partial charge in [0.25, 0.3) is 0 Å². The van der Waals surface area contributed by atoms with Crippen LogP contribution in [0.1, 0.15) is 24.4 Å². The third-order valence-corrected chi connectivity index (χ3v) is 8.54. The number of hydrogen-bond acceptors (Lipinski definition) is 4. The molecule has 1 heterocycles. The van der Waals surface area contributed by atoms with E-state index in [9.17, 15) is 8.42 Å². The molecule has 5 heteroatoms. The Kier molecular flexibility index (Phi) is 4.03. The molecule has 2 aliphatic rings. The summed E-state index contributed by atoms with van der Waals surface area (Å²) in [5.41, 5.74) is 1.82. The van der Waals surface area contributed by atoms with Crippen LogP contribution in [0, 0.1) is 0 Å². The average Bonchev–Trinajstić information content (AvgIpc) is 2.98. The first kappa shape index (κ1) is 17.5. The lowest BCUT2D eigenvalue weighted by molar-refractivity contribution is 0.0296. The fourth-order valence-corrected chi connectivity index (χ4v) is 6.88. The Morgan fingerprint density at radius 2 is 1.39 bits per heavy atom. The molecule has 1 aliphatic carbocycles. The summed E-state index contributed by atoms with van der Waals surface area (Å²) < 4.78 is 26.7. The van der Waals surface area contributed by atoms with Crippen LogP contribution in [0.3, 0.4) is 0 Å². The molecule has 4 nitrogen and oxygen atoms in total. The number of rotatable bonds is 4. The van der Waals surface area contributed by atoms with Crippen molar-refractivity contribution in [2.75, 3.05) is 5.06 Å². The summed E-state index contributed by atoms with van der Waals surface area (Å²) in [4.78, 5) is 6.64. The van der Waals surface area contributed by atoms with Crippen LogP contribution in [0.5, 0.6) is 0 Å². The van der Waals surface area contributed by atoms with Gasteiger partial charge in [0, 0.05) is 0 Å². The third kappa shape index (κ3) is 2.36. The van der Waals surface area contributed by atoms with E-state index in [1.54, 1.807) is 24.3 Å². The molecule has 0 unspecified atom stereocenters. The molecule has 0 spiro atoms. The molecule has 3 atom stereocenters. The zero-order chi connectivity index (χ0) is 19.2. The predicted octanol–water partition coefficient (Wildman–Crippen LogP) is 4.55. The summed E-state index contributed by atoms with van der Waals surface area (Å²) in [6.07, 6.45) is 0.958. The standard InChI is InChI=1S/C23H21NO3S/c25-28(26,20-14-8-3-9-15-20)23-17-16-21(23)27-24(19-12-6-2-7-13-19)22(23)18-10-4-1-5-11-18/h1-15,21-22H,16-17H2/t21-,22+,23-/m0/s1. The highest BCUT2D eigenvalue weighted by Gasteiger charge is 2.69. The molecule has 0 radical (unpaired) electrons. The van der Waals surface area contributed by atoms with Crippen molar-refractivity contribution in [3.8, 4) is 0 Å². The zero-order valence-electron chi connectivity index (χ0n) is 15.3. The summed E-state index contributed by atoms with van der Waals surface area (Å²) in [6.45, 7) is 0. The summed E-state index contributed by atoms with van der Waals surface area (Å²) >= 11 is 0. The van der Waals surface area contributed by atoms with Gasteiger partial charge in [-0.05, 0) is 42.7 Å². The van der Waals surface area contributed by atoms with Crippen molar-refractivity contribution in [1.82, 2.24) is 0 Å². The lowest BCUT2D eigenvalue weighted by atomic mass is 9.74. The van der Waals surface area contributed by atoms with Gasteiger partial charge in [-0.2, -0.15) is 0 Å². The van der Waals surface area contributed by atoms with Crippen LogP contribution in [0.25, 0.3) is 0 Å². The predicted molar refractivity (Wildman–Crippen MR) is 109 cm³/mol. The topological polar surface area (TPSA) is 46.6 Å². The highest BCUT2D eigenvalue weighted by atomic mass is 32.2. The maximum atomic E-state index is 13.9. The molecule has 3 aromatic rings. The maximum Gasteiger partial charge on any atom is 0.189 e. The van der Waals surface area contributed by atoms with Crippen molar-refractivity contribution < 1.29 is 13.3 Å². The molecule has 0 aromatic heterocycles. The molecule has 1 aliphatic heterocycles. The molecule has 3 aromatic carbocycles. The number of hydrogen-bond donors (Lipinski definition) is 0. The van der Waals surface area contributed by atoms with Crippen molar-refractivity contribution in [3.63, 3.8) is 0 Å². The Hall–Kier alpha value is -2.63. The van der Waals surface area contributed by atoms with Crippen LogP contribution in [0.2, 0.25) is 0 Å². The lowest BCUT2D eigenvalue weighted by Crippen LogP contribution is -2.57. The Morgan fingerprint density at radius 3 is 1.96 bits per heavy atom. The molecule has 0 N–H and O–H groups in total. The second-order valence-electron chi connectivity index (χ2n) is 7.38. The van der Waals surface area contributed by atoms with Gasteiger partial charge in [-0.3, -0.25) is 4.84 Å². The smallest absolute Gasteiger partial charge is 0.189 e. The van der Waals surface area contributed by atoms with Gasteiger partial charge in [-0.25, -0.2) is 13.5 Å². The highest BCUT2D eigenvalue weighted by Crippen LogP contribution is 2.59. The summed E-state index contributed by atoms with van der Waals surface area (Å²) in [5, 5.41) is 1.81. The SMILES string of the molecule is O=S(=O)(c1ccccc1)[C@@]12CC[C@@H]1ON(c1ccccc1)[C@@H]2c1ccccc1. The maximum absolute atomic E-state index is 13.9. The first-order chi connectivity index (χ1) is 13.6. The number of hydroxylamine groups is 1. The second kappa shape index (κ2) is 6.47. The minimum Gasteiger partial charge on any atom is -0.268 e. The van der Waals surface area contributed by atoms with E-state index in [0.29, 0.717) is 11.3 Å². The van der Waals surface area contributed by atoms with Gasteiger partial charge in [0.05, 0.1) is 10.6 Å². The Bertz CT molecular complexity index is 1070. The van der Waals surface area contributed by atoms with Crippen LogP contribution in [0.4, 0.5) is 5.69 Å². The molecular formula is C23H21NO3S.